The maximum Gasteiger partial charge on any atom is 0.142 e. The lowest BCUT2D eigenvalue weighted by Crippen LogP contribution is -2.42. The van der Waals surface area contributed by atoms with Crippen LogP contribution in [0.1, 0.15) is 30.4 Å². The highest BCUT2D eigenvalue weighted by molar-refractivity contribution is 7.98. The van der Waals surface area contributed by atoms with Crippen LogP contribution in [0.3, 0.4) is 0 Å². The second kappa shape index (κ2) is 10.2. The molecule has 0 radical (unpaired) electrons. The highest BCUT2D eigenvalue weighted by atomic mass is 32.2. The lowest BCUT2D eigenvalue weighted by molar-refractivity contribution is 0.0834. The minimum absolute atomic E-state index is 0.451. The van der Waals surface area contributed by atoms with E-state index in [0.717, 1.165) is 79.8 Å². The van der Waals surface area contributed by atoms with Crippen LogP contribution in [0.2, 0.25) is 0 Å². The van der Waals surface area contributed by atoms with E-state index < -0.39 is 0 Å². The van der Waals surface area contributed by atoms with Crippen LogP contribution in [0.4, 0.5) is 5.69 Å². The van der Waals surface area contributed by atoms with Crippen molar-refractivity contribution in [2.75, 3.05) is 51.2 Å². The number of aryl methyl sites for hydroxylation is 2. The van der Waals surface area contributed by atoms with Crippen LogP contribution < -0.4 is 9.64 Å². The van der Waals surface area contributed by atoms with E-state index >= 15 is 0 Å². The predicted molar refractivity (Wildman–Crippen MR) is 139 cm³/mol. The van der Waals surface area contributed by atoms with Gasteiger partial charge in [-0.05, 0) is 68.7 Å². The van der Waals surface area contributed by atoms with Crippen molar-refractivity contribution < 1.29 is 14.2 Å². The van der Waals surface area contributed by atoms with Gasteiger partial charge in [0, 0.05) is 43.9 Å². The van der Waals surface area contributed by atoms with Gasteiger partial charge in [0.15, 0.2) is 0 Å². The molecular weight excluding hydrogens is 446 g/mol. The molecule has 7 heteroatoms. The molecule has 0 saturated carbocycles. The van der Waals surface area contributed by atoms with Gasteiger partial charge in [0.1, 0.15) is 10.8 Å². The molecule has 1 unspecified atom stereocenters. The van der Waals surface area contributed by atoms with E-state index in [4.69, 9.17) is 19.3 Å². The summed E-state index contributed by atoms with van der Waals surface area (Å²) in [6.45, 7) is 8.61. The Balaban J connectivity index is 1.67. The third kappa shape index (κ3) is 4.41. The van der Waals surface area contributed by atoms with Gasteiger partial charge < -0.3 is 19.1 Å². The number of nitrogens with zero attached hydrogens (tertiary/aromatic N) is 3. The zero-order chi connectivity index (χ0) is 23.7. The van der Waals surface area contributed by atoms with Gasteiger partial charge in [0.05, 0.1) is 30.6 Å². The van der Waals surface area contributed by atoms with Crippen molar-refractivity contribution in [3.05, 3.63) is 41.5 Å². The standard InChI is InChI=1S/C27H35N3O3S/c1-18-14-19(2)25(24(15-18)31-3)22-6-5-7-23-26(27(34-4)28-30(22)23)29(16-20-8-11-33-17-20)21-9-12-32-13-10-21/h5-7,14-15,20-21H,8-13,16-17H2,1-4H3. The van der Waals surface area contributed by atoms with E-state index in [-0.39, 0.29) is 0 Å². The molecule has 2 saturated heterocycles. The van der Waals surface area contributed by atoms with Crippen LogP contribution in [0.5, 0.6) is 5.75 Å². The summed E-state index contributed by atoms with van der Waals surface area (Å²) in [6, 6.07) is 11.3. The first-order valence-corrected chi connectivity index (χ1v) is 13.5. The molecule has 0 N–H and O–H groups in total. The molecule has 3 aromatic rings. The van der Waals surface area contributed by atoms with Gasteiger partial charge in [-0.15, -0.1) is 11.8 Å². The Labute approximate surface area is 206 Å². The molecular formula is C27H35N3O3S. The topological polar surface area (TPSA) is 48.2 Å². The molecule has 0 amide bonds. The predicted octanol–water partition coefficient (Wildman–Crippen LogP) is 5.37. The molecule has 6 nitrogen and oxygen atoms in total. The Morgan fingerprint density at radius 2 is 1.91 bits per heavy atom. The third-order valence-electron chi connectivity index (χ3n) is 7.11. The van der Waals surface area contributed by atoms with Gasteiger partial charge in [-0.2, -0.15) is 5.10 Å². The van der Waals surface area contributed by atoms with Gasteiger partial charge in [0.2, 0.25) is 0 Å². The molecule has 34 heavy (non-hydrogen) atoms. The zero-order valence-electron chi connectivity index (χ0n) is 20.7. The van der Waals surface area contributed by atoms with E-state index in [2.05, 4.69) is 59.9 Å². The maximum atomic E-state index is 5.82. The van der Waals surface area contributed by atoms with Crippen LogP contribution in [-0.2, 0) is 9.47 Å². The quantitative estimate of drug-likeness (QED) is 0.423. The number of rotatable bonds is 7. The number of hydrogen-bond donors (Lipinski definition) is 0. The highest BCUT2D eigenvalue weighted by Crippen LogP contribution is 2.40. The Morgan fingerprint density at radius 1 is 1.12 bits per heavy atom. The molecule has 2 aromatic heterocycles. The first kappa shape index (κ1) is 23.5. The summed E-state index contributed by atoms with van der Waals surface area (Å²) >= 11 is 1.72. The molecule has 182 valence electrons. The molecule has 2 aliphatic rings. The summed E-state index contributed by atoms with van der Waals surface area (Å²) in [5.41, 5.74) is 6.94. The van der Waals surface area contributed by atoms with Crippen LogP contribution in [0, 0.1) is 19.8 Å². The van der Waals surface area contributed by atoms with Crippen molar-refractivity contribution in [3.8, 4) is 17.0 Å². The number of thioether (sulfide) groups is 1. The van der Waals surface area contributed by atoms with Gasteiger partial charge in [-0.1, -0.05) is 12.1 Å². The summed E-state index contributed by atoms with van der Waals surface area (Å²) in [7, 11) is 1.75. The minimum atomic E-state index is 0.451. The molecule has 0 aliphatic carbocycles. The second-order valence-electron chi connectivity index (χ2n) is 9.45. The average molecular weight is 482 g/mol. The van der Waals surface area contributed by atoms with Crippen molar-refractivity contribution in [1.29, 1.82) is 0 Å². The number of benzene rings is 1. The van der Waals surface area contributed by atoms with Gasteiger partial charge in [-0.25, -0.2) is 4.52 Å². The summed E-state index contributed by atoms with van der Waals surface area (Å²) in [4.78, 5) is 2.62. The van der Waals surface area contributed by atoms with Crippen LogP contribution >= 0.6 is 11.8 Å². The molecule has 2 fully saturated rings. The average Bonchev–Trinajstić information content (AvgIpc) is 3.50. The zero-order valence-corrected chi connectivity index (χ0v) is 21.5. The molecule has 0 spiro atoms. The van der Waals surface area contributed by atoms with E-state index in [9.17, 15) is 0 Å². The van der Waals surface area contributed by atoms with E-state index in [1.54, 1.807) is 18.9 Å². The number of anilines is 1. The molecule has 4 heterocycles. The number of pyridine rings is 1. The van der Waals surface area contributed by atoms with Gasteiger partial charge >= 0.3 is 0 Å². The van der Waals surface area contributed by atoms with E-state index in [1.807, 2.05) is 0 Å². The number of ether oxygens (including phenoxy) is 3. The fraction of sp³-hybridized carbons (Fsp3) is 0.519. The Morgan fingerprint density at radius 3 is 2.62 bits per heavy atom. The van der Waals surface area contributed by atoms with Crippen molar-refractivity contribution in [3.63, 3.8) is 0 Å². The van der Waals surface area contributed by atoms with Crippen LogP contribution in [0.15, 0.2) is 35.4 Å². The number of methoxy groups -OCH3 is 1. The number of hydrogen-bond acceptors (Lipinski definition) is 6. The van der Waals surface area contributed by atoms with Crippen molar-refractivity contribution in [1.82, 2.24) is 9.61 Å². The van der Waals surface area contributed by atoms with Gasteiger partial charge in [-0.3, -0.25) is 0 Å². The SMILES string of the molecule is COc1cc(C)cc(C)c1-c1cccc2c(N(CC3CCOC3)C3CCOCC3)c(SC)nn12. The van der Waals surface area contributed by atoms with Crippen molar-refractivity contribution in [2.45, 2.75) is 44.2 Å². The van der Waals surface area contributed by atoms with Crippen molar-refractivity contribution >= 4 is 23.0 Å². The summed E-state index contributed by atoms with van der Waals surface area (Å²) in [6.07, 6.45) is 5.34. The summed E-state index contributed by atoms with van der Waals surface area (Å²) in [5, 5.41) is 6.23. The monoisotopic (exact) mass is 481 g/mol. The van der Waals surface area contributed by atoms with Crippen molar-refractivity contribution in [2.24, 2.45) is 5.92 Å². The normalized spacial score (nSPS) is 19.1. The number of fused-ring (bicyclic) bond motifs is 1. The van der Waals surface area contributed by atoms with E-state index in [1.165, 1.54) is 16.8 Å². The largest absolute Gasteiger partial charge is 0.496 e. The summed E-state index contributed by atoms with van der Waals surface area (Å²) < 4.78 is 19.4. The first-order valence-electron chi connectivity index (χ1n) is 12.2. The molecule has 5 rings (SSSR count). The van der Waals surface area contributed by atoms with Crippen LogP contribution in [-0.4, -0.2) is 62.0 Å². The summed E-state index contributed by atoms with van der Waals surface area (Å²) in [5.74, 6) is 1.44. The first-order chi connectivity index (χ1) is 16.6. The molecule has 0 bridgehead atoms. The lowest BCUT2D eigenvalue weighted by atomic mass is 10.0. The Hall–Kier alpha value is -2.22. The molecule has 1 aromatic carbocycles. The molecule has 1 atom stereocenters. The third-order valence-corrected chi connectivity index (χ3v) is 7.77. The smallest absolute Gasteiger partial charge is 0.142 e. The molecule has 2 aliphatic heterocycles. The fourth-order valence-electron chi connectivity index (χ4n) is 5.48. The fourth-order valence-corrected chi connectivity index (χ4v) is 6.05. The minimum Gasteiger partial charge on any atom is -0.496 e. The Kier molecular flexibility index (Phi) is 7.04. The number of aromatic nitrogens is 2. The lowest BCUT2D eigenvalue weighted by Gasteiger charge is -2.37. The van der Waals surface area contributed by atoms with Crippen LogP contribution in [0.25, 0.3) is 16.8 Å². The van der Waals surface area contributed by atoms with Gasteiger partial charge in [0.25, 0.3) is 0 Å². The second-order valence-corrected chi connectivity index (χ2v) is 10.2. The highest BCUT2D eigenvalue weighted by Gasteiger charge is 2.31. The Bertz CT molecular complexity index is 1150. The maximum absolute atomic E-state index is 5.82. The van der Waals surface area contributed by atoms with E-state index in [0.29, 0.717) is 12.0 Å².